The zero-order valence-corrected chi connectivity index (χ0v) is 25.6. The Hall–Kier alpha value is -3.54. The largest absolute Gasteiger partial charge is 0.466 e. The summed E-state index contributed by atoms with van der Waals surface area (Å²) in [4.78, 5) is 28.9. The van der Waals surface area contributed by atoms with Crippen LogP contribution < -0.4 is 9.80 Å². The average Bonchev–Trinajstić information content (AvgIpc) is 3.28. The van der Waals surface area contributed by atoms with Crippen molar-refractivity contribution in [3.63, 3.8) is 0 Å². The van der Waals surface area contributed by atoms with Crippen molar-refractivity contribution < 1.29 is 19.1 Å². The summed E-state index contributed by atoms with van der Waals surface area (Å²) < 4.78 is 10.3. The summed E-state index contributed by atoms with van der Waals surface area (Å²) in [6.45, 7) is 15.2. The second-order valence-corrected chi connectivity index (χ2v) is 11.9. The first kappa shape index (κ1) is 30.4. The number of rotatable bonds is 12. The predicted molar refractivity (Wildman–Crippen MR) is 166 cm³/mol. The molecule has 0 saturated heterocycles. The molecule has 1 atom stereocenters. The van der Waals surface area contributed by atoms with Gasteiger partial charge in [-0.05, 0) is 56.0 Å². The molecule has 0 saturated carbocycles. The van der Waals surface area contributed by atoms with E-state index in [0.29, 0.717) is 26.1 Å². The van der Waals surface area contributed by atoms with Gasteiger partial charge in [-0.1, -0.05) is 76.2 Å². The van der Waals surface area contributed by atoms with Crippen molar-refractivity contribution in [2.45, 2.75) is 84.1 Å². The third-order valence-corrected chi connectivity index (χ3v) is 8.48. The molecule has 0 N–H and O–H groups in total. The summed E-state index contributed by atoms with van der Waals surface area (Å²) in [7, 11) is 0. The van der Waals surface area contributed by atoms with Gasteiger partial charge in [-0.3, -0.25) is 9.59 Å². The number of anilines is 2. The molecule has 4 rings (SSSR count). The summed E-state index contributed by atoms with van der Waals surface area (Å²) in [5.74, 6) is -0.280. The lowest BCUT2D eigenvalue weighted by atomic mass is 9.80. The quantitative estimate of drug-likeness (QED) is 0.260. The standard InChI is InChI=1S/C35H46N2O4/c1-7-40-32(38)22-14-24-36-28-18-11-9-16-26(28)34(3,4)30(36)20-13-21-31-35(5,6)27-17-10-12-19-29(27)37(31)25-15-23-33(39)41-8-2/h9-13,16-21,30H,7-8,14-15,22-25H2,1-6H3/b20-13+,31-21+. The minimum Gasteiger partial charge on any atom is -0.466 e. The molecule has 2 aliphatic heterocycles. The first-order valence-corrected chi connectivity index (χ1v) is 15.1. The van der Waals surface area contributed by atoms with Gasteiger partial charge in [0.15, 0.2) is 0 Å². The van der Waals surface area contributed by atoms with Crippen molar-refractivity contribution >= 4 is 23.3 Å². The zero-order chi connectivity index (χ0) is 29.6. The van der Waals surface area contributed by atoms with Crippen molar-refractivity contribution in [2.24, 2.45) is 0 Å². The molecule has 0 radical (unpaired) electrons. The molecule has 6 heteroatoms. The molecule has 6 nitrogen and oxygen atoms in total. The Labute approximate surface area is 246 Å². The lowest BCUT2D eigenvalue weighted by Gasteiger charge is -2.32. The van der Waals surface area contributed by atoms with Crippen LogP contribution in [0.1, 0.15) is 78.4 Å². The number of esters is 2. The van der Waals surface area contributed by atoms with Crippen LogP contribution in [0.25, 0.3) is 0 Å². The highest BCUT2D eigenvalue weighted by Gasteiger charge is 2.43. The first-order chi connectivity index (χ1) is 19.6. The monoisotopic (exact) mass is 558 g/mol. The molecule has 41 heavy (non-hydrogen) atoms. The van der Waals surface area contributed by atoms with E-state index in [0.717, 1.165) is 25.9 Å². The Morgan fingerprint density at radius 1 is 0.805 bits per heavy atom. The van der Waals surface area contributed by atoms with Crippen LogP contribution in [0.15, 0.2) is 72.5 Å². The molecule has 2 aromatic rings. The van der Waals surface area contributed by atoms with Crippen LogP contribution in [0, 0.1) is 0 Å². The van der Waals surface area contributed by atoms with Crippen LogP contribution in [0.4, 0.5) is 11.4 Å². The summed E-state index contributed by atoms with van der Waals surface area (Å²) in [6.07, 6.45) is 9.06. The summed E-state index contributed by atoms with van der Waals surface area (Å²) in [5.41, 5.74) is 6.02. The highest BCUT2D eigenvalue weighted by molar-refractivity contribution is 5.72. The fourth-order valence-corrected chi connectivity index (χ4v) is 6.45. The van der Waals surface area contributed by atoms with E-state index in [2.05, 4.69) is 104 Å². The number of benzene rings is 2. The average molecular weight is 559 g/mol. The van der Waals surface area contributed by atoms with Crippen LogP contribution in [0.2, 0.25) is 0 Å². The molecule has 0 aromatic heterocycles. The number of hydrogen-bond acceptors (Lipinski definition) is 6. The maximum atomic E-state index is 12.0. The molecule has 2 heterocycles. The normalized spacial score (nSPS) is 19.5. The molecule has 2 aliphatic rings. The molecule has 0 amide bonds. The third kappa shape index (κ3) is 6.37. The van der Waals surface area contributed by atoms with E-state index in [1.54, 1.807) is 0 Å². The van der Waals surface area contributed by atoms with E-state index in [9.17, 15) is 9.59 Å². The fourth-order valence-electron chi connectivity index (χ4n) is 6.45. The second kappa shape index (κ2) is 13.0. The van der Waals surface area contributed by atoms with Crippen molar-refractivity contribution in [2.75, 3.05) is 36.1 Å². The number of allylic oxidation sites excluding steroid dienone is 3. The van der Waals surface area contributed by atoms with Gasteiger partial charge in [0, 0.05) is 53.8 Å². The minimum atomic E-state index is -0.168. The molecule has 0 spiro atoms. The number of para-hydroxylation sites is 2. The molecule has 0 fully saturated rings. The molecule has 0 aliphatic carbocycles. The van der Waals surface area contributed by atoms with Gasteiger partial charge in [0.2, 0.25) is 0 Å². The number of carbonyl (C=O) groups excluding carboxylic acids is 2. The van der Waals surface area contributed by atoms with E-state index >= 15 is 0 Å². The van der Waals surface area contributed by atoms with E-state index in [1.807, 2.05) is 13.8 Å². The number of hydrogen-bond donors (Lipinski definition) is 0. The Kier molecular flexibility index (Phi) is 9.62. The molecule has 1 unspecified atom stereocenters. The zero-order valence-electron chi connectivity index (χ0n) is 25.6. The topological polar surface area (TPSA) is 59.1 Å². The minimum absolute atomic E-state index is 0.0942. The van der Waals surface area contributed by atoms with Gasteiger partial charge >= 0.3 is 11.9 Å². The Balaban J connectivity index is 1.59. The Morgan fingerprint density at radius 2 is 1.37 bits per heavy atom. The van der Waals surface area contributed by atoms with Crippen molar-refractivity contribution in [1.29, 1.82) is 0 Å². The van der Waals surface area contributed by atoms with Crippen LogP contribution in [-0.2, 0) is 29.9 Å². The SMILES string of the molecule is CCOC(=O)CCCN1/C(=C/C=C/C2N(CCCC(=O)OCC)c3ccccc3C2(C)C)C(C)(C)c2ccccc21. The van der Waals surface area contributed by atoms with Gasteiger partial charge < -0.3 is 19.3 Å². The number of fused-ring (bicyclic) bond motifs is 2. The number of ether oxygens (including phenoxy) is 2. The lowest BCUT2D eigenvalue weighted by molar-refractivity contribution is -0.144. The lowest BCUT2D eigenvalue weighted by Crippen LogP contribution is -2.40. The third-order valence-electron chi connectivity index (χ3n) is 8.48. The van der Waals surface area contributed by atoms with Gasteiger partial charge in [0.05, 0.1) is 19.3 Å². The van der Waals surface area contributed by atoms with Gasteiger partial charge in [0.25, 0.3) is 0 Å². The number of nitrogens with zero attached hydrogens (tertiary/aromatic N) is 2. The van der Waals surface area contributed by atoms with E-state index in [4.69, 9.17) is 9.47 Å². The smallest absolute Gasteiger partial charge is 0.305 e. The summed E-state index contributed by atoms with van der Waals surface area (Å²) in [5, 5.41) is 0. The van der Waals surface area contributed by atoms with E-state index in [1.165, 1.54) is 28.2 Å². The van der Waals surface area contributed by atoms with Crippen LogP contribution in [0.3, 0.4) is 0 Å². The van der Waals surface area contributed by atoms with Gasteiger partial charge in [-0.25, -0.2) is 0 Å². The molecule has 2 aromatic carbocycles. The summed E-state index contributed by atoms with van der Waals surface area (Å²) >= 11 is 0. The van der Waals surface area contributed by atoms with Crippen LogP contribution in [0.5, 0.6) is 0 Å². The van der Waals surface area contributed by atoms with Crippen molar-refractivity contribution in [3.05, 3.63) is 83.6 Å². The molecule has 0 bridgehead atoms. The van der Waals surface area contributed by atoms with Gasteiger partial charge in [-0.15, -0.1) is 0 Å². The molecular weight excluding hydrogens is 512 g/mol. The first-order valence-electron chi connectivity index (χ1n) is 15.1. The van der Waals surface area contributed by atoms with E-state index in [-0.39, 0.29) is 28.8 Å². The highest BCUT2D eigenvalue weighted by atomic mass is 16.5. The van der Waals surface area contributed by atoms with Crippen LogP contribution in [-0.4, -0.2) is 44.3 Å². The van der Waals surface area contributed by atoms with Gasteiger partial charge in [0.1, 0.15) is 0 Å². The van der Waals surface area contributed by atoms with Crippen molar-refractivity contribution in [1.82, 2.24) is 0 Å². The Morgan fingerprint density at radius 3 is 2.00 bits per heavy atom. The maximum Gasteiger partial charge on any atom is 0.305 e. The molecule has 220 valence electrons. The number of carbonyl (C=O) groups is 2. The predicted octanol–water partition coefficient (Wildman–Crippen LogP) is 7.08. The maximum absolute atomic E-state index is 12.0. The van der Waals surface area contributed by atoms with Crippen molar-refractivity contribution in [3.8, 4) is 0 Å². The van der Waals surface area contributed by atoms with Crippen LogP contribution >= 0.6 is 0 Å². The highest BCUT2D eigenvalue weighted by Crippen LogP contribution is 2.48. The van der Waals surface area contributed by atoms with E-state index < -0.39 is 0 Å². The summed E-state index contributed by atoms with van der Waals surface area (Å²) in [6, 6.07) is 17.3. The second-order valence-electron chi connectivity index (χ2n) is 11.9. The van der Waals surface area contributed by atoms with Gasteiger partial charge in [-0.2, -0.15) is 0 Å². The fraction of sp³-hybridized carbons (Fsp3) is 0.486. The molecular formula is C35H46N2O4. The Bertz CT molecular complexity index is 1290.